The first-order valence-electron chi connectivity index (χ1n) is 5.45. The van der Waals surface area contributed by atoms with E-state index in [-0.39, 0.29) is 11.5 Å². The van der Waals surface area contributed by atoms with Crippen LogP contribution in [-0.4, -0.2) is 57.4 Å². The van der Waals surface area contributed by atoms with Crippen molar-refractivity contribution in [1.29, 1.82) is 0 Å². The number of sulfone groups is 1. The molecule has 0 spiro atoms. The number of hydrogen-bond donors (Lipinski definition) is 2. The number of rotatable bonds is 9. The molecular formula is C10H23NO4S. The fourth-order valence-corrected chi connectivity index (χ4v) is 1.88. The largest absolute Gasteiger partial charge is 0.389 e. The summed E-state index contributed by atoms with van der Waals surface area (Å²) in [4.78, 5) is 0. The van der Waals surface area contributed by atoms with E-state index < -0.39 is 15.4 Å². The molecule has 0 amide bonds. The van der Waals surface area contributed by atoms with Crippen molar-refractivity contribution in [2.45, 2.75) is 25.9 Å². The molecule has 0 rings (SSSR count). The van der Waals surface area contributed by atoms with Crippen LogP contribution in [-0.2, 0) is 14.6 Å². The lowest BCUT2D eigenvalue weighted by molar-refractivity contribution is 0.0254. The molecule has 0 aliphatic rings. The molecule has 98 valence electrons. The molecule has 0 aliphatic heterocycles. The smallest absolute Gasteiger partial charge is 0.151 e. The van der Waals surface area contributed by atoms with Crippen LogP contribution in [0.25, 0.3) is 0 Å². The molecule has 0 fully saturated rings. The second kappa shape index (κ2) is 7.21. The second-order valence-corrected chi connectivity index (χ2v) is 6.63. The SMILES string of the molecule is CCS(=O)(=O)CCNCC(C)(O)CCOC. The first kappa shape index (κ1) is 15.8. The molecule has 6 heteroatoms. The molecular weight excluding hydrogens is 230 g/mol. The number of nitrogens with one attached hydrogen (secondary N) is 1. The van der Waals surface area contributed by atoms with Crippen LogP contribution in [0.4, 0.5) is 0 Å². The monoisotopic (exact) mass is 253 g/mol. The van der Waals surface area contributed by atoms with Gasteiger partial charge in [-0.05, 0) is 6.92 Å². The van der Waals surface area contributed by atoms with Gasteiger partial charge >= 0.3 is 0 Å². The van der Waals surface area contributed by atoms with E-state index in [1.54, 1.807) is 21.0 Å². The Morgan fingerprint density at radius 3 is 2.56 bits per heavy atom. The van der Waals surface area contributed by atoms with E-state index in [0.717, 1.165) is 0 Å². The molecule has 1 atom stereocenters. The normalized spacial score (nSPS) is 16.0. The topological polar surface area (TPSA) is 75.6 Å². The summed E-state index contributed by atoms with van der Waals surface area (Å²) in [7, 11) is -1.34. The molecule has 1 unspecified atom stereocenters. The number of ether oxygens (including phenoxy) is 1. The predicted molar refractivity (Wildman–Crippen MR) is 64.3 cm³/mol. The Balaban J connectivity index is 3.73. The first-order chi connectivity index (χ1) is 7.33. The highest BCUT2D eigenvalue weighted by molar-refractivity contribution is 7.91. The van der Waals surface area contributed by atoms with Crippen LogP contribution in [0.15, 0.2) is 0 Å². The van der Waals surface area contributed by atoms with Gasteiger partial charge < -0.3 is 15.2 Å². The lowest BCUT2D eigenvalue weighted by Gasteiger charge is -2.23. The predicted octanol–water partition coefficient (Wildman–Crippen LogP) is -0.202. The summed E-state index contributed by atoms with van der Waals surface area (Å²) in [5.74, 6) is 0.276. The van der Waals surface area contributed by atoms with Gasteiger partial charge in [0.2, 0.25) is 0 Å². The van der Waals surface area contributed by atoms with Crippen LogP contribution in [0, 0.1) is 0 Å². The summed E-state index contributed by atoms with van der Waals surface area (Å²) in [6, 6.07) is 0. The van der Waals surface area contributed by atoms with Crippen molar-refractivity contribution in [3.05, 3.63) is 0 Å². The first-order valence-corrected chi connectivity index (χ1v) is 7.27. The van der Waals surface area contributed by atoms with E-state index in [0.29, 0.717) is 26.1 Å². The molecule has 2 N–H and O–H groups in total. The van der Waals surface area contributed by atoms with Crippen molar-refractivity contribution in [3.8, 4) is 0 Å². The zero-order valence-corrected chi connectivity index (χ0v) is 11.1. The van der Waals surface area contributed by atoms with E-state index in [1.165, 1.54) is 0 Å². The fraction of sp³-hybridized carbons (Fsp3) is 1.00. The Hall–Kier alpha value is -0.170. The van der Waals surface area contributed by atoms with E-state index in [2.05, 4.69) is 5.32 Å². The highest BCUT2D eigenvalue weighted by Crippen LogP contribution is 2.07. The van der Waals surface area contributed by atoms with Gasteiger partial charge in [-0.25, -0.2) is 8.42 Å². The minimum atomic E-state index is -2.92. The van der Waals surface area contributed by atoms with E-state index in [4.69, 9.17) is 4.74 Å². The zero-order chi connectivity index (χ0) is 12.7. The molecule has 0 saturated carbocycles. The van der Waals surface area contributed by atoms with Gasteiger partial charge in [0.1, 0.15) is 0 Å². The summed E-state index contributed by atoms with van der Waals surface area (Å²) in [5, 5.41) is 12.8. The molecule has 16 heavy (non-hydrogen) atoms. The molecule has 0 aromatic carbocycles. The summed E-state index contributed by atoms with van der Waals surface area (Å²) in [6.45, 7) is 4.56. The lowest BCUT2D eigenvalue weighted by Crippen LogP contribution is -2.40. The van der Waals surface area contributed by atoms with Crippen LogP contribution in [0.1, 0.15) is 20.3 Å². The van der Waals surface area contributed by atoms with Crippen LogP contribution >= 0.6 is 0 Å². The zero-order valence-electron chi connectivity index (χ0n) is 10.3. The Labute approximate surface area is 98.1 Å². The van der Waals surface area contributed by atoms with E-state index in [1.807, 2.05) is 0 Å². The summed E-state index contributed by atoms with van der Waals surface area (Å²) in [6.07, 6.45) is 0.525. The van der Waals surface area contributed by atoms with Crippen molar-refractivity contribution >= 4 is 9.84 Å². The average molecular weight is 253 g/mol. The minimum Gasteiger partial charge on any atom is -0.389 e. The van der Waals surface area contributed by atoms with Crippen LogP contribution in [0.3, 0.4) is 0 Å². The number of aliphatic hydroxyl groups is 1. The van der Waals surface area contributed by atoms with Gasteiger partial charge in [-0.1, -0.05) is 6.92 Å². The van der Waals surface area contributed by atoms with E-state index >= 15 is 0 Å². The maximum Gasteiger partial charge on any atom is 0.151 e. The molecule has 0 heterocycles. The second-order valence-electron chi connectivity index (χ2n) is 4.15. The van der Waals surface area contributed by atoms with Crippen LogP contribution in [0.5, 0.6) is 0 Å². The van der Waals surface area contributed by atoms with Gasteiger partial charge in [-0.3, -0.25) is 0 Å². The Morgan fingerprint density at radius 1 is 1.44 bits per heavy atom. The number of methoxy groups -OCH3 is 1. The average Bonchev–Trinajstić information content (AvgIpc) is 2.22. The molecule has 0 bridgehead atoms. The highest BCUT2D eigenvalue weighted by Gasteiger charge is 2.19. The lowest BCUT2D eigenvalue weighted by atomic mass is 10.0. The molecule has 0 radical (unpaired) electrons. The van der Waals surface area contributed by atoms with Crippen LogP contribution < -0.4 is 5.32 Å². The van der Waals surface area contributed by atoms with E-state index in [9.17, 15) is 13.5 Å². The molecule has 5 nitrogen and oxygen atoms in total. The van der Waals surface area contributed by atoms with Gasteiger partial charge in [0, 0.05) is 39.0 Å². The van der Waals surface area contributed by atoms with Gasteiger partial charge in [0.15, 0.2) is 9.84 Å². The third-order valence-corrected chi connectivity index (χ3v) is 4.09. The maximum atomic E-state index is 11.2. The Kier molecular flexibility index (Phi) is 7.14. The summed E-state index contributed by atoms with van der Waals surface area (Å²) >= 11 is 0. The van der Waals surface area contributed by atoms with Gasteiger partial charge in [0.25, 0.3) is 0 Å². The third-order valence-electron chi connectivity index (χ3n) is 2.38. The fourth-order valence-electron chi connectivity index (χ4n) is 1.14. The maximum absolute atomic E-state index is 11.2. The Morgan fingerprint density at radius 2 is 2.06 bits per heavy atom. The molecule has 0 aliphatic carbocycles. The Bertz CT molecular complexity index is 275. The third kappa shape index (κ3) is 8.04. The van der Waals surface area contributed by atoms with Gasteiger partial charge in [-0.15, -0.1) is 0 Å². The highest BCUT2D eigenvalue weighted by atomic mass is 32.2. The van der Waals surface area contributed by atoms with Gasteiger partial charge in [0.05, 0.1) is 11.4 Å². The van der Waals surface area contributed by atoms with Gasteiger partial charge in [-0.2, -0.15) is 0 Å². The van der Waals surface area contributed by atoms with Crippen molar-refractivity contribution in [2.75, 3.05) is 38.3 Å². The summed E-state index contributed by atoms with van der Waals surface area (Å²) < 4.78 is 27.2. The van der Waals surface area contributed by atoms with Crippen molar-refractivity contribution in [1.82, 2.24) is 5.32 Å². The minimum absolute atomic E-state index is 0.115. The van der Waals surface area contributed by atoms with Crippen molar-refractivity contribution in [3.63, 3.8) is 0 Å². The quantitative estimate of drug-likeness (QED) is 0.557. The van der Waals surface area contributed by atoms with Crippen LogP contribution in [0.2, 0.25) is 0 Å². The van der Waals surface area contributed by atoms with Crippen molar-refractivity contribution in [2.24, 2.45) is 0 Å². The summed E-state index contributed by atoms with van der Waals surface area (Å²) in [5.41, 5.74) is -0.855. The standard InChI is InChI=1S/C10H23NO4S/c1-4-16(13,14)8-6-11-9-10(2,12)5-7-15-3/h11-12H,4-9H2,1-3H3. The molecule has 0 saturated heterocycles. The molecule has 0 aromatic rings. The van der Waals surface area contributed by atoms with Crippen molar-refractivity contribution < 1.29 is 18.3 Å². The molecule has 0 aromatic heterocycles. The number of hydrogen-bond acceptors (Lipinski definition) is 5.